The number of likely N-dealkylation sites (N-methyl/N-ethyl adjacent to an activating group) is 1. The van der Waals surface area contributed by atoms with Gasteiger partial charge in [-0.1, -0.05) is 18.2 Å². The first-order valence-corrected chi connectivity index (χ1v) is 9.54. The predicted octanol–water partition coefficient (Wildman–Crippen LogP) is 3.91. The van der Waals surface area contributed by atoms with Crippen molar-refractivity contribution in [1.29, 1.82) is 0 Å². The molecule has 1 aliphatic carbocycles. The van der Waals surface area contributed by atoms with E-state index in [0.29, 0.717) is 24.1 Å². The molecule has 0 atom stereocenters. The Balaban J connectivity index is 2.04. The van der Waals surface area contributed by atoms with Gasteiger partial charge in [0, 0.05) is 42.0 Å². The van der Waals surface area contributed by atoms with Crippen LogP contribution in [0, 0.1) is 12.7 Å². The fourth-order valence-corrected chi connectivity index (χ4v) is 3.78. The zero-order valence-corrected chi connectivity index (χ0v) is 16.5. The average molecular weight is 370 g/mol. The average Bonchev–Trinajstić information content (AvgIpc) is 2.89. The minimum absolute atomic E-state index is 0.00249. The molecule has 0 radical (unpaired) electrons. The number of nitrogens with zero attached hydrogens (tertiary/aromatic N) is 2. The zero-order valence-electron chi connectivity index (χ0n) is 16.5. The summed E-state index contributed by atoms with van der Waals surface area (Å²) in [4.78, 5) is 27.0. The van der Waals surface area contributed by atoms with Crippen LogP contribution in [0.15, 0.2) is 24.3 Å². The van der Waals surface area contributed by atoms with Crippen LogP contribution < -0.4 is 0 Å². The number of carbonyl (C=O) groups is 2. The lowest BCUT2D eigenvalue weighted by atomic mass is 9.92. The summed E-state index contributed by atoms with van der Waals surface area (Å²) in [7, 11) is 1.78. The van der Waals surface area contributed by atoms with Crippen molar-refractivity contribution in [2.45, 2.75) is 59.0 Å². The van der Waals surface area contributed by atoms with E-state index in [9.17, 15) is 14.0 Å². The monoisotopic (exact) mass is 370 g/mol. The summed E-state index contributed by atoms with van der Waals surface area (Å²) < 4.78 is 16.2. The van der Waals surface area contributed by atoms with E-state index in [1.54, 1.807) is 24.1 Å². The van der Waals surface area contributed by atoms with Gasteiger partial charge < -0.3 is 9.47 Å². The van der Waals surface area contributed by atoms with Crippen LogP contribution in [0.2, 0.25) is 0 Å². The van der Waals surface area contributed by atoms with Crippen molar-refractivity contribution >= 4 is 11.7 Å². The minimum Gasteiger partial charge on any atom is -0.343 e. The molecule has 0 fully saturated rings. The first-order chi connectivity index (χ1) is 12.8. The van der Waals surface area contributed by atoms with E-state index in [-0.39, 0.29) is 30.0 Å². The number of amides is 1. The van der Waals surface area contributed by atoms with Crippen LogP contribution in [-0.4, -0.2) is 34.2 Å². The summed E-state index contributed by atoms with van der Waals surface area (Å²) in [6.07, 6.45) is 2.30. The second kappa shape index (κ2) is 7.67. The molecule has 1 amide bonds. The second-order valence-corrected chi connectivity index (χ2v) is 7.62. The molecule has 3 rings (SSSR count). The highest BCUT2D eigenvalue weighted by atomic mass is 19.1. The van der Waals surface area contributed by atoms with Gasteiger partial charge in [0.15, 0.2) is 5.78 Å². The molecule has 0 saturated carbocycles. The molecule has 1 heterocycles. The lowest BCUT2D eigenvalue weighted by Gasteiger charge is -2.22. The number of Topliss-reactive ketones (excluding diaryl/α,β-unsaturated/α-hetero) is 1. The van der Waals surface area contributed by atoms with Crippen LogP contribution in [-0.2, 0) is 24.2 Å². The van der Waals surface area contributed by atoms with Crippen LogP contribution in [0.4, 0.5) is 4.39 Å². The highest BCUT2D eigenvalue weighted by molar-refractivity contribution is 6.01. The maximum atomic E-state index is 14.2. The highest BCUT2D eigenvalue weighted by Crippen LogP contribution is 2.31. The molecular formula is C22H27FN2O2. The lowest BCUT2D eigenvalue weighted by molar-refractivity contribution is -0.130. The lowest BCUT2D eigenvalue weighted by Crippen LogP contribution is -2.34. The Hall–Kier alpha value is -2.43. The van der Waals surface area contributed by atoms with E-state index in [2.05, 4.69) is 0 Å². The Bertz CT molecular complexity index is 883. The molecule has 1 aromatic heterocycles. The Labute approximate surface area is 160 Å². The van der Waals surface area contributed by atoms with Gasteiger partial charge in [-0.15, -0.1) is 0 Å². The van der Waals surface area contributed by atoms with Crippen molar-refractivity contribution in [2.24, 2.45) is 0 Å². The molecule has 2 aromatic rings. The van der Waals surface area contributed by atoms with Crippen molar-refractivity contribution in [1.82, 2.24) is 9.47 Å². The molecule has 4 nitrogen and oxygen atoms in total. The molecule has 144 valence electrons. The van der Waals surface area contributed by atoms with Gasteiger partial charge in [-0.25, -0.2) is 4.39 Å². The van der Waals surface area contributed by atoms with Gasteiger partial charge in [0.2, 0.25) is 5.91 Å². The normalized spacial score (nSPS) is 13.8. The molecule has 1 aliphatic rings. The third-order valence-electron chi connectivity index (χ3n) is 5.64. The molecule has 0 unspecified atom stereocenters. The van der Waals surface area contributed by atoms with Crippen molar-refractivity contribution < 1.29 is 14.0 Å². The van der Waals surface area contributed by atoms with E-state index in [1.165, 1.54) is 6.07 Å². The highest BCUT2D eigenvalue weighted by Gasteiger charge is 2.30. The molecule has 1 aromatic carbocycles. The summed E-state index contributed by atoms with van der Waals surface area (Å²) in [5, 5.41) is 0. The summed E-state index contributed by atoms with van der Waals surface area (Å²) >= 11 is 0. The standard InChI is InChI=1S/C22H27FN2O2/c1-14(2)24(4)21(27)12-17-15(3)25(13-16-8-5-6-9-18(16)23)19-10-7-11-20(26)22(17)19/h5-6,8-9,14H,7,10-13H2,1-4H3. The molecule has 0 bridgehead atoms. The molecule has 0 saturated heterocycles. The van der Waals surface area contributed by atoms with Gasteiger partial charge >= 0.3 is 0 Å². The number of hydrogen-bond acceptors (Lipinski definition) is 2. The number of fused-ring (bicyclic) bond motifs is 1. The molecule has 27 heavy (non-hydrogen) atoms. The van der Waals surface area contributed by atoms with Crippen molar-refractivity contribution in [3.05, 3.63) is 58.2 Å². The van der Waals surface area contributed by atoms with E-state index in [0.717, 1.165) is 29.8 Å². The Morgan fingerprint density at radius 1 is 1.26 bits per heavy atom. The third kappa shape index (κ3) is 3.68. The maximum Gasteiger partial charge on any atom is 0.227 e. The fraction of sp³-hybridized carbons (Fsp3) is 0.455. The Kier molecular flexibility index (Phi) is 5.49. The van der Waals surface area contributed by atoms with Gasteiger partial charge in [-0.05, 0) is 45.2 Å². The first kappa shape index (κ1) is 19.3. The van der Waals surface area contributed by atoms with Crippen molar-refractivity contribution in [3.8, 4) is 0 Å². The number of hydrogen-bond donors (Lipinski definition) is 0. The first-order valence-electron chi connectivity index (χ1n) is 9.54. The quantitative estimate of drug-likeness (QED) is 0.801. The van der Waals surface area contributed by atoms with Crippen LogP contribution in [0.5, 0.6) is 0 Å². The number of rotatable bonds is 5. The number of ketones is 1. The van der Waals surface area contributed by atoms with Crippen molar-refractivity contribution in [2.75, 3.05) is 7.05 Å². The van der Waals surface area contributed by atoms with Gasteiger partial charge in [0.25, 0.3) is 0 Å². The molecule has 0 spiro atoms. The van der Waals surface area contributed by atoms with E-state index < -0.39 is 0 Å². The molecular weight excluding hydrogens is 343 g/mol. The van der Waals surface area contributed by atoms with Crippen LogP contribution in [0.1, 0.15) is 59.6 Å². The number of halogens is 1. The number of aromatic nitrogens is 1. The van der Waals surface area contributed by atoms with Gasteiger partial charge in [-0.3, -0.25) is 9.59 Å². The predicted molar refractivity (Wildman–Crippen MR) is 104 cm³/mol. The summed E-state index contributed by atoms with van der Waals surface area (Å²) in [6, 6.07) is 6.81. The summed E-state index contributed by atoms with van der Waals surface area (Å²) in [6.45, 7) is 6.25. The van der Waals surface area contributed by atoms with Crippen LogP contribution >= 0.6 is 0 Å². The minimum atomic E-state index is -0.251. The third-order valence-corrected chi connectivity index (χ3v) is 5.64. The van der Waals surface area contributed by atoms with Gasteiger partial charge in [0.05, 0.1) is 13.0 Å². The summed E-state index contributed by atoms with van der Waals surface area (Å²) in [5.41, 5.74) is 3.93. The summed E-state index contributed by atoms with van der Waals surface area (Å²) in [5.74, 6) is -0.155. The van der Waals surface area contributed by atoms with Gasteiger partial charge in [0.1, 0.15) is 5.82 Å². The maximum absolute atomic E-state index is 14.2. The van der Waals surface area contributed by atoms with Crippen LogP contribution in [0.3, 0.4) is 0 Å². The van der Waals surface area contributed by atoms with E-state index in [4.69, 9.17) is 0 Å². The SMILES string of the molecule is Cc1c(CC(=O)N(C)C(C)C)c2c(n1Cc1ccccc1F)CCCC2=O. The Morgan fingerprint density at radius 3 is 2.63 bits per heavy atom. The second-order valence-electron chi connectivity index (χ2n) is 7.62. The fourth-order valence-electron chi connectivity index (χ4n) is 3.78. The van der Waals surface area contributed by atoms with Crippen molar-refractivity contribution in [3.63, 3.8) is 0 Å². The van der Waals surface area contributed by atoms with Gasteiger partial charge in [-0.2, -0.15) is 0 Å². The van der Waals surface area contributed by atoms with E-state index >= 15 is 0 Å². The smallest absolute Gasteiger partial charge is 0.227 e. The largest absolute Gasteiger partial charge is 0.343 e. The molecule has 0 N–H and O–H groups in total. The number of benzene rings is 1. The molecule has 5 heteroatoms. The molecule has 0 aliphatic heterocycles. The number of carbonyl (C=O) groups excluding carboxylic acids is 2. The van der Waals surface area contributed by atoms with E-state index in [1.807, 2.05) is 31.4 Å². The topological polar surface area (TPSA) is 42.3 Å². The van der Waals surface area contributed by atoms with Crippen LogP contribution in [0.25, 0.3) is 0 Å². The zero-order chi connectivity index (χ0) is 19.7. The Morgan fingerprint density at radius 2 is 1.96 bits per heavy atom.